The molecule has 3 atom stereocenters. The van der Waals surface area contributed by atoms with E-state index in [9.17, 15) is 9.59 Å². The maximum Gasteiger partial charge on any atom is 0.311 e. The molecule has 1 unspecified atom stereocenters. The summed E-state index contributed by atoms with van der Waals surface area (Å²) in [6, 6.07) is 22.0. The first-order valence-corrected chi connectivity index (χ1v) is 20.5. The molecule has 0 aliphatic heterocycles. The van der Waals surface area contributed by atoms with E-state index < -0.39 is 25.1 Å². The fourth-order valence-corrected chi connectivity index (χ4v) is 11.0. The van der Waals surface area contributed by atoms with Crippen LogP contribution in [-0.2, 0) is 18.8 Å². The molecule has 0 saturated heterocycles. The standard InChI is InChI=1S/C37H58O3Si.C5H10O2/c1-30(34-29-31(34)21-15-11-9-8-10-12-20-27-39-35(38)36(2,3)4)26-28-40-41(37(5,6)7,32-22-16-13-17-23-32)33-24-18-14-19-25-33;1-5(2,3)4(6)7/h13-14,16-19,22-25,30-31,34H,8-12,15,20-21,26-29H2,1-7H3;1-3H3,(H,6,7)/t30?,31-,34+;/m0./s1. The topological polar surface area (TPSA) is 72.8 Å². The molecule has 48 heavy (non-hydrogen) atoms. The summed E-state index contributed by atoms with van der Waals surface area (Å²) in [7, 11) is -2.43. The van der Waals surface area contributed by atoms with Crippen molar-refractivity contribution in [3.05, 3.63) is 60.7 Å². The molecule has 0 radical (unpaired) electrons. The molecule has 1 aliphatic carbocycles. The molecule has 2 aromatic rings. The highest BCUT2D eigenvalue weighted by Gasteiger charge is 2.50. The molecule has 0 amide bonds. The van der Waals surface area contributed by atoms with Crippen LogP contribution in [0, 0.1) is 28.6 Å². The summed E-state index contributed by atoms with van der Waals surface area (Å²) in [6.07, 6.45) is 12.7. The fourth-order valence-electron chi connectivity index (χ4n) is 6.45. The highest BCUT2D eigenvalue weighted by Crippen LogP contribution is 2.48. The van der Waals surface area contributed by atoms with Crippen molar-refractivity contribution >= 4 is 30.6 Å². The van der Waals surface area contributed by atoms with Gasteiger partial charge in [-0.05, 0) is 94.0 Å². The molecule has 2 aromatic carbocycles. The number of hydrogen-bond acceptors (Lipinski definition) is 4. The number of carboxylic acid groups (broad SMARTS) is 1. The van der Waals surface area contributed by atoms with E-state index in [1.165, 1.54) is 55.3 Å². The lowest BCUT2D eigenvalue weighted by Gasteiger charge is -2.43. The smallest absolute Gasteiger partial charge is 0.311 e. The maximum atomic E-state index is 11.8. The summed E-state index contributed by atoms with van der Waals surface area (Å²) in [5.74, 6) is 1.69. The Labute approximate surface area is 294 Å². The second-order valence-electron chi connectivity index (χ2n) is 17.1. The third-order valence-electron chi connectivity index (χ3n) is 9.72. The van der Waals surface area contributed by atoms with Gasteiger partial charge in [-0.2, -0.15) is 0 Å². The van der Waals surface area contributed by atoms with Gasteiger partial charge in [-0.1, -0.05) is 133 Å². The van der Waals surface area contributed by atoms with Crippen LogP contribution in [0.3, 0.4) is 0 Å². The number of aliphatic carboxylic acids is 1. The second-order valence-corrected chi connectivity index (χ2v) is 21.4. The second kappa shape index (κ2) is 19.1. The molecule has 6 heteroatoms. The van der Waals surface area contributed by atoms with Crippen LogP contribution in [-0.4, -0.2) is 38.6 Å². The minimum atomic E-state index is -2.43. The van der Waals surface area contributed by atoms with Gasteiger partial charge in [0, 0.05) is 6.61 Å². The molecule has 270 valence electrons. The third-order valence-corrected chi connectivity index (χ3v) is 14.8. The Balaban J connectivity index is 0.00000103. The monoisotopic (exact) mass is 680 g/mol. The lowest BCUT2D eigenvalue weighted by atomic mass is 9.97. The average Bonchev–Trinajstić information content (AvgIpc) is 3.79. The molecule has 0 heterocycles. The van der Waals surface area contributed by atoms with E-state index in [0.717, 1.165) is 43.6 Å². The maximum absolute atomic E-state index is 11.8. The van der Waals surface area contributed by atoms with Gasteiger partial charge >= 0.3 is 11.9 Å². The van der Waals surface area contributed by atoms with Crippen molar-refractivity contribution in [3.8, 4) is 0 Å². The van der Waals surface area contributed by atoms with E-state index in [4.69, 9.17) is 14.3 Å². The van der Waals surface area contributed by atoms with E-state index in [2.05, 4.69) is 88.4 Å². The number of hydrogen-bond donors (Lipinski definition) is 1. The van der Waals surface area contributed by atoms with Crippen LogP contribution >= 0.6 is 0 Å². The van der Waals surface area contributed by atoms with Crippen LogP contribution in [0.5, 0.6) is 0 Å². The number of benzene rings is 2. The molecule has 0 spiro atoms. The zero-order valence-electron chi connectivity index (χ0n) is 32.1. The zero-order chi connectivity index (χ0) is 36.0. The van der Waals surface area contributed by atoms with E-state index in [0.29, 0.717) is 6.61 Å². The van der Waals surface area contributed by atoms with Gasteiger partial charge in [0.2, 0.25) is 0 Å². The molecule has 3 rings (SSSR count). The molecule has 0 aromatic heterocycles. The number of rotatable bonds is 17. The van der Waals surface area contributed by atoms with Crippen molar-refractivity contribution in [2.45, 2.75) is 138 Å². The highest BCUT2D eigenvalue weighted by molar-refractivity contribution is 6.99. The summed E-state index contributed by atoms with van der Waals surface area (Å²) in [5, 5.41) is 11.0. The first-order valence-electron chi connectivity index (χ1n) is 18.6. The minimum Gasteiger partial charge on any atom is -0.481 e. The van der Waals surface area contributed by atoms with Crippen molar-refractivity contribution < 1.29 is 23.9 Å². The Morgan fingerprint density at radius 2 is 1.19 bits per heavy atom. The molecule has 1 N–H and O–H groups in total. The Hall–Kier alpha value is -2.44. The lowest BCUT2D eigenvalue weighted by Crippen LogP contribution is -2.66. The largest absolute Gasteiger partial charge is 0.481 e. The fraction of sp³-hybridized carbons (Fsp3) is 0.667. The van der Waals surface area contributed by atoms with Crippen molar-refractivity contribution in [1.29, 1.82) is 0 Å². The van der Waals surface area contributed by atoms with E-state index in [1.807, 2.05) is 20.8 Å². The predicted octanol–water partition coefficient (Wildman–Crippen LogP) is 10.1. The number of carbonyl (C=O) groups excluding carboxylic acids is 1. The van der Waals surface area contributed by atoms with E-state index in [1.54, 1.807) is 20.8 Å². The Bertz CT molecular complexity index is 1170. The summed E-state index contributed by atoms with van der Waals surface area (Å²) in [6.45, 7) is 21.7. The lowest BCUT2D eigenvalue weighted by molar-refractivity contribution is -0.153. The Morgan fingerprint density at radius 3 is 1.62 bits per heavy atom. The number of unbranched alkanes of at least 4 members (excludes halogenated alkanes) is 6. The van der Waals surface area contributed by atoms with E-state index in [-0.39, 0.29) is 11.0 Å². The predicted molar refractivity (Wildman–Crippen MR) is 203 cm³/mol. The van der Waals surface area contributed by atoms with Crippen LogP contribution < -0.4 is 10.4 Å². The molecular formula is C42H68O5Si. The quantitative estimate of drug-likeness (QED) is 0.102. The number of esters is 1. The van der Waals surface area contributed by atoms with Crippen LogP contribution in [0.2, 0.25) is 5.04 Å². The highest BCUT2D eigenvalue weighted by atomic mass is 28.4. The van der Waals surface area contributed by atoms with Crippen molar-refractivity contribution in [1.82, 2.24) is 0 Å². The van der Waals surface area contributed by atoms with Gasteiger partial charge < -0.3 is 14.3 Å². The van der Waals surface area contributed by atoms with Gasteiger partial charge in [-0.15, -0.1) is 0 Å². The van der Waals surface area contributed by atoms with Crippen LogP contribution in [0.1, 0.15) is 133 Å². The minimum absolute atomic E-state index is 0.0418. The summed E-state index contributed by atoms with van der Waals surface area (Å²) in [4.78, 5) is 21.8. The molecule has 1 saturated carbocycles. The summed E-state index contributed by atoms with van der Waals surface area (Å²) in [5.41, 5.74) is -0.976. The molecule has 0 bridgehead atoms. The number of carboxylic acids is 1. The number of ether oxygens (including phenoxy) is 1. The van der Waals surface area contributed by atoms with E-state index >= 15 is 0 Å². The molecular weight excluding hydrogens is 613 g/mol. The first-order chi connectivity index (χ1) is 22.4. The first kappa shape index (κ1) is 41.7. The summed E-state index contributed by atoms with van der Waals surface area (Å²) < 4.78 is 12.5. The molecule has 1 fully saturated rings. The zero-order valence-corrected chi connectivity index (χ0v) is 33.1. The molecule has 1 aliphatic rings. The van der Waals surface area contributed by atoms with Crippen molar-refractivity contribution in [2.75, 3.05) is 13.2 Å². The normalized spacial score (nSPS) is 17.2. The Morgan fingerprint density at radius 1 is 0.729 bits per heavy atom. The van der Waals surface area contributed by atoms with Gasteiger partial charge in [0.1, 0.15) is 0 Å². The van der Waals surface area contributed by atoms with Crippen LogP contribution in [0.25, 0.3) is 0 Å². The van der Waals surface area contributed by atoms with Gasteiger partial charge in [-0.3, -0.25) is 9.59 Å². The molecule has 5 nitrogen and oxygen atoms in total. The summed E-state index contributed by atoms with van der Waals surface area (Å²) >= 11 is 0. The Kier molecular flexibility index (Phi) is 16.6. The van der Waals surface area contributed by atoms with Crippen LogP contribution in [0.15, 0.2) is 60.7 Å². The van der Waals surface area contributed by atoms with Gasteiger partial charge in [0.25, 0.3) is 8.32 Å². The van der Waals surface area contributed by atoms with Gasteiger partial charge in [0.05, 0.1) is 17.4 Å². The van der Waals surface area contributed by atoms with Crippen molar-refractivity contribution in [3.63, 3.8) is 0 Å². The van der Waals surface area contributed by atoms with Gasteiger partial charge in [-0.25, -0.2) is 0 Å². The SMILES string of the molecule is CC(C)(C)C(=O)O.CC(CCO[Si](c1ccccc1)(c1ccccc1)C(C)(C)C)[C@H]1C[C@@H]1CCCCCCCCCOC(=O)C(C)(C)C. The average molecular weight is 681 g/mol. The van der Waals surface area contributed by atoms with Crippen LogP contribution in [0.4, 0.5) is 0 Å². The third kappa shape index (κ3) is 13.5. The van der Waals surface area contributed by atoms with Crippen molar-refractivity contribution in [2.24, 2.45) is 28.6 Å². The van der Waals surface area contributed by atoms with Gasteiger partial charge in [0.15, 0.2) is 0 Å². The number of carbonyl (C=O) groups is 2.